The predicted molar refractivity (Wildman–Crippen MR) is 184 cm³/mol. The van der Waals surface area contributed by atoms with Crippen molar-refractivity contribution in [1.29, 1.82) is 0 Å². The van der Waals surface area contributed by atoms with E-state index in [-0.39, 0.29) is 18.4 Å². The first-order chi connectivity index (χ1) is 22.0. The second-order valence-electron chi connectivity index (χ2n) is 13.2. The number of esters is 1. The fourth-order valence-electron chi connectivity index (χ4n) is 7.52. The quantitative estimate of drug-likeness (QED) is 0.303. The summed E-state index contributed by atoms with van der Waals surface area (Å²) in [5.74, 6) is 1.40. The topological polar surface area (TPSA) is 88.5 Å². The van der Waals surface area contributed by atoms with Crippen LogP contribution >= 0.6 is 12.4 Å². The maximum atomic E-state index is 11.4. The first kappa shape index (κ1) is 36.0. The molecule has 0 bridgehead atoms. The van der Waals surface area contributed by atoms with Gasteiger partial charge in [0.15, 0.2) is 0 Å². The number of carboxylic acid groups (broad SMARTS) is 1. The number of methoxy groups -OCH3 is 1. The summed E-state index contributed by atoms with van der Waals surface area (Å²) in [6.07, 6.45) is 9.86. The lowest BCUT2D eigenvalue weighted by molar-refractivity contribution is -0.142. The molecule has 2 aromatic carbocycles. The Morgan fingerprint density at radius 3 is 1.37 bits per heavy atom. The SMILES string of the molecule is COC(=O)CC1CCC(c2ccc(N3CCOCC3)cc2)CC1.Cl.O=C(O)CC1CCC(c2ccc(N3CCOCC3)cc2)CC1. The van der Waals surface area contributed by atoms with Crippen LogP contribution in [-0.4, -0.2) is 76.8 Å². The molecule has 2 aromatic rings. The Bertz CT molecular complexity index is 1180. The van der Waals surface area contributed by atoms with Crippen LogP contribution in [0.25, 0.3) is 0 Å². The first-order valence-corrected chi connectivity index (χ1v) is 17.1. The average molecular weight is 657 g/mol. The number of carbonyl (C=O) groups is 2. The van der Waals surface area contributed by atoms with Crippen molar-refractivity contribution in [1.82, 2.24) is 0 Å². The van der Waals surface area contributed by atoms with E-state index < -0.39 is 5.97 Å². The number of hydrogen-bond donors (Lipinski definition) is 1. The molecule has 8 nitrogen and oxygen atoms in total. The number of benzene rings is 2. The fraction of sp³-hybridized carbons (Fsp3) is 0.622. The van der Waals surface area contributed by atoms with E-state index in [0.29, 0.717) is 36.5 Å². The zero-order valence-corrected chi connectivity index (χ0v) is 28.3. The Morgan fingerprint density at radius 2 is 1.02 bits per heavy atom. The lowest BCUT2D eigenvalue weighted by atomic mass is 9.77. The number of hydrogen-bond acceptors (Lipinski definition) is 7. The first-order valence-electron chi connectivity index (χ1n) is 17.1. The number of nitrogens with zero attached hydrogens (tertiary/aromatic N) is 2. The van der Waals surface area contributed by atoms with Gasteiger partial charge in [-0.1, -0.05) is 24.3 Å². The van der Waals surface area contributed by atoms with E-state index in [1.165, 1.54) is 42.5 Å². The van der Waals surface area contributed by atoms with Crippen molar-refractivity contribution in [3.05, 3.63) is 59.7 Å². The summed E-state index contributed by atoms with van der Waals surface area (Å²) >= 11 is 0. The molecule has 0 unspecified atom stereocenters. The highest BCUT2D eigenvalue weighted by Gasteiger charge is 2.25. The lowest BCUT2D eigenvalue weighted by Gasteiger charge is -2.30. The summed E-state index contributed by atoms with van der Waals surface area (Å²) < 4.78 is 15.6. The number of carbonyl (C=O) groups excluding carboxylic acids is 1. The van der Waals surface area contributed by atoms with E-state index in [2.05, 4.69) is 58.3 Å². The van der Waals surface area contributed by atoms with E-state index in [1.54, 1.807) is 0 Å². The van der Waals surface area contributed by atoms with E-state index in [1.807, 2.05) is 0 Å². The molecule has 1 N–H and O–H groups in total. The van der Waals surface area contributed by atoms with E-state index in [4.69, 9.17) is 19.3 Å². The monoisotopic (exact) mass is 656 g/mol. The minimum Gasteiger partial charge on any atom is -0.481 e. The zero-order chi connectivity index (χ0) is 31.4. The number of halogens is 1. The Hall–Kier alpha value is -2.81. The van der Waals surface area contributed by atoms with Gasteiger partial charge in [-0.15, -0.1) is 12.4 Å². The van der Waals surface area contributed by atoms with Crippen LogP contribution < -0.4 is 9.80 Å². The smallest absolute Gasteiger partial charge is 0.305 e. The molecule has 2 saturated heterocycles. The largest absolute Gasteiger partial charge is 0.481 e. The highest BCUT2D eigenvalue weighted by atomic mass is 35.5. The van der Waals surface area contributed by atoms with Crippen LogP contribution in [0.3, 0.4) is 0 Å². The van der Waals surface area contributed by atoms with Crippen LogP contribution in [-0.2, 0) is 23.8 Å². The van der Waals surface area contributed by atoms with Crippen LogP contribution in [0.15, 0.2) is 48.5 Å². The average Bonchev–Trinajstić information content (AvgIpc) is 3.10. The predicted octanol–water partition coefficient (Wildman–Crippen LogP) is 7.05. The molecule has 0 amide bonds. The van der Waals surface area contributed by atoms with Gasteiger partial charge in [0, 0.05) is 50.4 Å². The Balaban J connectivity index is 0.000000205. The van der Waals surface area contributed by atoms with Crippen molar-refractivity contribution in [2.45, 2.75) is 76.0 Å². The number of aliphatic carboxylic acids is 1. The van der Waals surface area contributed by atoms with Crippen LogP contribution in [0.5, 0.6) is 0 Å². The molecule has 2 aliphatic heterocycles. The third-order valence-electron chi connectivity index (χ3n) is 10.3. The maximum absolute atomic E-state index is 11.4. The Labute approximate surface area is 281 Å². The van der Waals surface area contributed by atoms with E-state index >= 15 is 0 Å². The molecule has 0 atom stereocenters. The second kappa shape index (κ2) is 18.5. The zero-order valence-electron chi connectivity index (χ0n) is 27.4. The number of carboxylic acids is 1. The summed E-state index contributed by atoms with van der Waals surface area (Å²) in [5, 5.41) is 8.89. The van der Waals surface area contributed by atoms with Crippen molar-refractivity contribution < 1.29 is 28.9 Å². The molecule has 254 valence electrons. The fourth-order valence-corrected chi connectivity index (χ4v) is 7.52. The summed E-state index contributed by atoms with van der Waals surface area (Å²) in [4.78, 5) is 26.9. The molecule has 0 spiro atoms. The molecule has 4 aliphatic rings. The third-order valence-corrected chi connectivity index (χ3v) is 10.3. The standard InChI is InChI=1S/C19H27NO3.C18H25NO3.ClH/c1-22-19(21)14-15-2-4-16(5-3-15)17-6-8-18(9-7-17)20-10-12-23-13-11-20;20-18(21)13-14-1-3-15(4-2-14)16-5-7-17(8-6-16)19-9-11-22-12-10-19;/h6-9,15-16H,2-5,10-14H2,1H3;5-8,14-15H,1-4,9-13H2,(H,20,21);1H. The molecule has 46 heavy (non-hydrogen) atoms. The van der Waals surface area contributed by atoms with Crippen LogP contribution in [0.2, 0.25) is 0 Å². The third kappa shape index (κ3) is 10.6. The summed E-state index contributed by atoms with van der Waals surface area (Å²) in [7, 11) is 1.48. The van der Waals surface area contributed by atoms with Crippen molar-refractivity contribution in [3.8, 4) is 0 Å². The van der Waals surface area contributed by atoms with E-state index in [0.717, 1.165) is 91.1 Å². The van der Waals surface area contributed by atoms with Gasteiger partial charge < -0.3 is 29.1 Å². The molecule has 0 aromatic heterocycles. The molecule has 2 saturated carbocycles. The van der Waals surface area contributed by atoms with Gasteiger partial charge >= 0.3 is 11.9 Å². The molecular weight excluding hydrogens is 604 g/mol. The lowest BCUT2D eigenvalue weighted by Crippen LogP contribution is -2.36. The Morgan fingerprint density at radius 1 is 0.652 bits per heavy atom. The number of rotatable bonds is 8. The molecule has 9 heteroatoms. The normalized spacial score (nSPS) is 25.0. The number of morpholine rings is 2. The second-order valence-corrected chi connectivity index (χ2v) is 13.2. The number of anilines is 2. The highest BCUT2D eigenvalue weighted by Crippen LogP contribution is 2.39. The molecule has 4 fully saturated rings. The van der Waals surface area contributed by atoms with Gasteiger partial charge in [0.05, 0.1) is 33.5 Å². The van der Waals surface area contributed by atoms with Crippen LogP contribution in [0, 0.1) is 11.8 Å². The Kier molecular flexibility index (Phi) is 14.5. The van der Waals surface area contributed by atoms with Crippen molar-refractivity contribution >= 4 is 35.7 Å². The minimum atomic E-state index is -0.654. The summed E-state index contributed by atoms with van der Waals surface area (Å²) in [5.41, 5.74) is 5.44. The highest BCUT2D eigenvalue weighted by molar-refractivity contribution is 5.85. The molecule has 6 rings (SSSR count). The van der Waals surface area contributed by atoms with Crippen molar-refractivity contribution in [3.63, 3.8) is 0 Å². The van der Waals surface area contributed by atoms with Gasteiger partial charge in [0.1, 0.15) is 0 Å². The number of ether oxygens (including phenoxy) is 3. The van der Waals surface area contributed by atoms with Gasteiger partial charge in [-0.2, -0.15) is 0 Å². The van der Waals surface area contributed by atoms with Crippen LogP contribution in [0.1, 0.15) is 87.2 Å². The van der Waals surface area contributed by atoms with Gasteiger partial charge in [0.25, 0.3) is 0 Å². The van der Waals surface area contributed by atoms with E-state index in [9.17, 15) is 9.59 Å². The van der Waals surface area contributed by atoms with Gasteiger partial charge in [-0.25, -0.2) is 0 Å². The summed E-state index contributed by atoms with van der Waals surface area (Å²) in [6, 6.07) is 18.0. The maximum Gasteiger partial charge on any atom is 0.305 e. The molecular formula is C37H53ClN2O6. The minimum absolute atomic E-state index is 0. The molecule has 2 heterocycles. The molecule has 0 radical (unpaired) electrons. The van der Waals surface area contributed by atoms with Gasteiger partial charge in [-0.3, -0.25) is 9.59 Å². The molecule has 2 aliphatic carbocycles. The van der Waals surface area contributed by atoms with Crippen molar-refractivity contribution in [2.24, 2.45) is 11.8 Å². The van der Waals surface area contributed by atoms with Gasteiger partial charge in [0.2, 0.25) is 0 Å². The van der Waals surface area contributed by atoms with Gasteiger partial charge in [-0.05, 0) is 110 Å². The van der Waals surface area contributed by atoms with Crippen molar-refractivity contribution in [2.75, 3.05) is 69.5 Å². The van der Waals surface area contributed by atoms with Crippen LogP contribution in [0.4, 0.5) is 11.4 Å². The summed E-state index contributed by atoms with van der Waals surface area (Å²) in [6.45, 7) is 7.19.